The highest BCUT2D eigenvalue weighted by atomic mass is 32.1. The molecular formula is C19H22N2O3S. The molecule has 0 amide bonds. The van der Waals surface area contributed by atoms with Crippen LogP contribution in [0.1, 0.15) is 10.4 Å². The van der Waals surface area contributed by atoms with E-state index in [2.05, 4.69) is 42.0 Å². The number of methoxy groups -OCH3 is 1. The summed E-state index contributed by atoms with van der Waals surface area (Å²) in [6.45, 7) is 6.38. The van der Waals surface area contributed by atoms with Crippen molar-refractivity contribution < 1.29 is 14.2 Å². The maximum atomic E-state index is 5.86. The Morgan fingerprint density at radius 3 is 2.52 bits per heavy atom. The molecule has 2 heterocycles. The van der Waals surface area contributed by atoms with Crippen LogP contribution < -0.4 is 4.74 Å². The van der Waals surface area contributed by atoms with Gasteiger partial charge in [-0.3, -0.25) is 9.97 Å². The lowest BCUT2D eigenvalue weighted by molar-refractivity contribution is 0.0544. The maximum Gasteiger partial charge on any atom is 0.133 e. The smallest absolute Gasteiger partial charge is 0.133 e. The molecule has 0 aliphatic carbocycles. The number of benzene rings is 1. The zero-order valence-corrected chi connectivity index (χ0v) is 15.6. The van der Waals surface area contributed by atoms with Gasteiger partial charge in [0.05, 0.1) is 30.9 Å². The first-order valence-corrected chi connectivity index (χ1v) is 9.03. The predicted octanol–water partition coefficient (Wildman–Crippen LogP) is 4.02. The molecule has 0 fully saturated rings. The van der Waals surface area contributed by atoms with Gasteiger partial charge in [-0.25, -0.2) is 0 Å². The van der Waals surface area contributed by atoms with Crippen molar-refractivity contribution in [3.8, 4) is 16.2 Å². The Morgan fingerprint density at radius 1 is 0.960 bits per heavy atom. The largest absolute Gasteiger partial charge is 0.490 e. The molecule has 3 rings (SSSR count). The third-order valence-corrected chi connectivity index (χ3v) is 4.95. The molecule has 0 saturated heterocycles. The molecule has 5 nitrogen and oxygen atoms in total. The normalized spacial score (nSPS) is 11.2. The van der Waals surface area contributed by atoms with Gasteiger partial charge < -0.3 is 14.2 Å². The third-order valence-electron chi connectivity index (χ3n) is 3.88. The van der Waals surface area contributed by atoms with E-state index in [-0.39, 0.29) is 0 Å². The van der Waals surface area contributed by atoms with E-state index >= 15 is 0 Å². The zero-order chi connectivity index (χ0) is 17.6. The fraction of sp³-hybridized carbons (Fsp3) is 0.368. The van der Waals surface area contributed by atoms with Gasteiger partial charge in [-0.1, -0.05) is 12.1 Å². The Morgan fingerprint density at radius 2 is 1.72 bits per heavy atom. The summed E-state index contributed by atoms with van der Waals surface area (Å²) >= 11 is 1.71. The molecule has 0 atom stereocenters. The quantitative estimate of drug-likeness (QED) is 0.569. The number of ether oxygens (including phenoxy) is 3. The molecule has 0 spiro atoms. The van der Waals surface area contributed by atoms with E-state index in [1.54, 1.807) is 30.8 Å². The van der Waals surface area contributed by atoms with Crippen LogP contribution in [0.5, 0.6) is 5.75 Å². The monoisotopic (exact) mass is 358 g/mol. The van der Waals surface area contributed by atoms with Crippen LogP contribution in [0.4, 0.5) is 0 Å². The van der Waals surface area contributed by atoms with E-state index in [0.29, 0.717) is 26.4 Å². The van der Waals surface area contributed by atoms with E-state index in [1.807, 2.05) is 0 Å². The highest BCUT2D eigenvalue weighted by Crippen LogP contribution is 2.38. The molecule has 0 aliphatic rings. The molecule has 0 N–H and O–H groups in total. The van der Waals surface area contributed by atoms with Crippen LogP contribution in [-0.4, -0.2) is 43.5 Å². The number of aryl methyl sites for hydroxylation is 2. The lowest BCUT2D eigenvalue weighted by Crippen LogP contribution is -2.09. The van der Waals surface area contributed by atoms with Crippen LogP contribution in [0.25, 0.3) is 21.5 Å². The van der Waals surface area contributed by atoms with Crippen LogP contribution in [0.3, 0.4) is 0 Å². The molecule has 1 aromatic carbocycles. The van der Waals surface area contributed by atoms with Crippen molar-refractivity contribution in [1.82, 2.24) is 9.97 Å². The van der Waals surface area contributed by atoms with Gasteiger partial charge in [0.1, 0.15) is 12.4 Å². The minimum absolute atomic E-state index is 0.523. The number of fused-ring (bicyclic) bond motifs is 1. The molecule has 0 saturated carbocycles. The van der Waals surface area contributed by atoms with E-state index in [9.17, 15) is 0 Å². The van der Waals surface area contributed by atoms with Crippen LogP contribution >= 0.6 is 11.3 Å². The first kappa shape index (κ1) is 17.8. The van der Waals surface area contributed by atoms with Gasteiger partial charge in [0.15, 0.2) is 0 Å². The fourth-order valence-corrected chi connectivity index (χ4v) is 3.57. The summed E-state index contributed by atoms with van der Waals surface area (Å²) < 4.78 is 16.2. The minimum Gasteiger partial charge on any atom is -0.490 e. The standard InChI is InChI=1S/C19H22N2O3S/c1-13-4-5-15(19-18(13)20-6-7-21-19)17-12-16(14(2)25-17)24-11-10-23-9-8-22-3/h4-7,12H,8-11H2,1-3H3. The molecule has 6 heteroatoms. The first-order valence-electron chi connectivity index (χ1n) is 8.21. The van der Waals surface area contributed by atoms with Crippen LogP contribution in [0.2, 0.25) is 0 Å². The topological polar surface area (TPSA) is 53.5 Å². The van der Waals surface area contributed by atoms with Crippen LogP contribution in [0.15, 0.2) is 30.6 Å². The number of thiophene rings is 1. The van der Waals surface area contributed by atoms with Crippen molar-refractivity contribution in [2.45, 2.75) is 13.8 Å². The molecule has 0 aliphatic heterocycles. The third kappa shape index (κ3) is 4.15. The predicted molar refractivity (Wildman–Crippen MR) is 101 cm³/mol. The van der Waals surface area contributed by atoms with E-state index in [1.165, 1.54) is 0 Å². The lowest BCUT2D eigenvalue weighted by Gasteiger charge is -2.06. The Balaban J connectivity index is 1.76. The lowest BCUT2D eigenvalue weighted by atomic mass is 10.1. The summed E-state index contributed by atoms with van der Waals surface area (Å²) in [6, 6.07) is 6.27. The van der Waals surface area contributed by atoms with E-state index in [0.717, 1.165) is 37.7 Å². The molecule has 0 unspecified atom stereocenters. The van der Waals surface area contributed by atoms with Crippen molar-refractivity contribution in [1.29, 1.82) is 0 Å². The number of aromatic nitrogens is 2. The Hall–Kier alpha value is -2.02. The van der Waals surface area contributed by atoms with Gasteiger partial charge in [0.25, 0.3) is 0 Å². The first-order chi connectivity index (χ1) is 12.2. The fourth-order valence-electron chi connectivity index (χ4n) is 2.59. The number of rotatable bonds is 8. The van der Waals surface area contributed by atoms with Gasteiger partial charge in [-0.05, 0) is 25.5 Å². The van der Waals surface area contributed by atoms with Crippen LogP contribution in [-0.2, 0) is 9.47 Å². The number of nitrogens with zero attached hydrogens (tertiary/aromatic N) is 2. The molecule has 0 radical (unpaired) electrons. The van der Waals surface area contributed by atoms with Gasteiger partial charge in [-0.15, -0.1) is 11.3 Å². The van der Waals surface area contributed by atoms with E-state index in [4.69, 9.17) is 14.2 Å². The SMILES string of the molecule is COCCOCCOc1cc(-c2ccc(C)c3nccnc23)sc1C. The van der Waals surface area contributed by atoms with Crippen molar-refractivity contribution in [3.63, 3.8) is 0 Å². The molecule has 3 aromatic rings. The molecule has 2 aromatic heterocycles. The van der Waals surface area contributed by atoms with Crippen molar-refractivity contribution in [2.24, 2.45) is 0 Å². The second-order valence-corrected chi connectivity index (χ2v) is 6.92. The maximum absolute atomic E-state index is 5.86. The summed E-state index contributed by atoms with van der Waals surface area (Å²) in [7, 11) is 1.66. The average Bonchev–Trinajstić information content (AvgIpc) is 2.99. The second-order valence-electron chi connectivity index (χ2n) is 5.67. The summed E-state index contributed by atoms with van der Waals surface area (Å²) in [5.41, 5.74) is 4.09. The van der Waals surface area contributed by atoms with Crippen molar-refractivity contribution in [2.75, 3.05) is 33.5 Å². The Kier molecular flexibility index (Phi) is 5.96. The van der Waals surface area contributed by atoms with Crippen LogP contribution in [0, 0.1) is 13.8 Å². The molecule has 25 heavy (non-hydrogen) atoms. The number of hydrogen-bond donors (Lipinski definition) is 0. The Labute approximate surface area is 151 Å². The van der Waals surface area contributed by atoms with E-state index < -0.39 is 0 Å². The van der Waals surface area contributed by atoms with Gasteiger partial charge >= 0.3 is 0 Å². The summed E-state index contributed by atoms with van der Waals surface area (Å²) in [6.07, 6.45) is 3.47. The second kappa shape index (κ2) is 8.38. The summed E-state index contributed by atoms with van der Waals surface area (Å²) in [5.74, 6) is 0.896. The van der Waals surface area contributed by atoms with Gasteiger partial charge in [0, 0.05) is 34.8 Å². The highest BCUT2D eigenvalue weighted by Gasteiger charge is 2.13. The Bertz CT molecular complexity index is 848. The van der Waals surface area contributed by atoms with Gasteiger partial charge in [-0.2, -0.15) is 0 Å². The molecule has 132 valence electrons. The van der Waals surface area contributed by atoms with Crippen molar-refractivity contribution in [3.05, 3.63) is 41.0 Å². The summed E-state index contributed by atoms with van der Waals surface area (Å²) in [4.78, 5) is 11.3. The average molecular weight is 358 g/mol. The number of hydrogen-bond acceptors (Lipinski definition) is 6. The summed E-state index contributed by atoms with van der Waals surface area (Å²) in [5, 5.41) is 0. The minimum atomic E-state index is 0.523. The van der Waals surface area contributed by atoms with Gasteiger partial charge in [0.2, 0.25) is 0 Å². The highest BCUT2D eigenvalue weighted by molar-refractivity contribution is 7.15. The molecular weight excluding hydrogens is 336 g/mol. The van der Waals surface area contributed by atoms with Crippen molar-refractivity contribution >= 4 is 22.4 Å². The molecule has 0 bridgehead atoms. The zero-order valence-electron chi connectivity index (χ0n) is 14.7.